The highest BCUT2D eigenvalue weighted by Crippen LogP contribution is 2.26. The lowest BCUT2D eigenvalue weighted by Crippen LogP contribution is -2.44. The Bertz CT molecular complexity index is 855. The summed E-state index contributed by atoms with van der Waals surface area (Å²) in [4.78, 5) is 13.9. The first kappa shape index (κ1) is 15.4. The first-order valence-electron chi connectivity index (χ1n) is 8.17. The maximum Gasteiger partial charge on any atom is 0.161 e. The molecule has 3 aromatic rings. The summed E-state index contributed by atoms with van der Waals surface area (Å²) in [6, 6.07) is 16.3. The van der Waals surface area contributed by atoms with E-state index in [0.717, 1.165) is 42.6 Å². The normalized spacial score (nSPS) is 15.8. The zero-order chi connectivity index (χ0) is 16.5. The zero-order valence-corrected chi connectivity index (χ0v) is 14.4. The molecule has 4 nitrogen and oxygen atoms in total. The van der Waals surface area contributed by atoms with Crippen LogP contribution in [0, 0.1) is 0 Å². The monoisotopic (exact) mass is 338 g/mol. The molecule has 122 valence electrons. The largest absolute Gasteiger partial charge is 0.369 e. The number of hydrogen-bond donors (Lipinski definition) is 0. The molecular weight excluding hydrogens is 320 g/mol. The van der Waals surface area contributed by atoms with Gasteiger partial charge in [0.2, 0.25) is 0 Å². The van der Waals surface area contributed by atoms with Crippen LogP contribution in [0.1, 0.15) is 0 Å². The maximum absolute atomic E-state index is 6.31. The molecule has 0 aliphatic carbocycles. The van der Waals surface area contributed by atoms with E-state index in [1.54, 1.807) is 0 Å². The number of likely N-dealkylation sites (N-methyl/N-ethyl adjacent to an activating group) is 1. The molecule has 0 saturated carbocycles. The van der Waals surface area contributed by atoms with Crippen LogP contribution in [0.15, 0.2) is 48.5 Å². The van der Waals surface area contributed by atoms with E-state index < -0.39 is 0 Å². The van der Waals surface area contributed by atoms with Gasteiger partial charge in [0.25, 0.3) is 0 Å². The Kier molecular flexibility index (Phi) is 4.08. The average Bonchev–Trinajstić information content (AvgIpc) is 2.62. The van der Waals surface area contributed by atoms with E-state index in [1.807, 2.05) is 24.3 Å². The Hall–Kier alpha value is -2.17. The summed E-state index contributed by atoms with van der Waals surface area (Å²) in [7, 11) is 2.17. The number of rotatable bonds is 2. The van der Waals surface area contributed by atoms with Crippen LogP contribution < -0.4 is 4.90 Å². The second-order valence-electron chi connectivity index (χ2n) is 6.19. The van der Waals surface area contributed by atoms with Gasteiger partial charge in [0.15, 0.2) is 5.82 Å². The van der Waals surface area contributed by atoms with Gasteiger partial charge >= 0.3 is 0 Å². The average molecular weight is 339 g/mol. The molecule has 1 saturated heterocycles. The van der Waals surface area contributed by atoms with Crippen LogP contribution in [0.4, 0.5) is 5.69 Å². The molecule has 0 unspecified atom stereocenters. The fourth-order valence-electron chi connectivity index (χ4n) is 3.05. The van der Waals surface area contributed by atoms with Gasteiger partial charge in [0, 0.05) is 42.8 Å². The fourth-order valence-corrected chi connectivity index (χ4v) is 3.29. The van der Waals surface area contributed by atoms with E-state index in [9.17, 15) is 0 Å². The number of benzene rings is 2. The molecule has 0 spiro atoms. The van der Waals surface area contributed by atoms with Crippen molar-refractivity contribution in [2.75, 3.05) is 38.1 Å². The van der Waals surface area contributed by atoms with Crippen molar-refractivity contribution in [1.82, 2.24) is 14.9 Å². The van der Waals surface area contributed by atoms with E-state index in [1.165, 1.54) is 5.69 Å². The Morgan fingerprint density at radius 1 is 0.875 bits per heavy atom. The van der Waals surface area contributed by atoms with Crippen molar-refractivity contribution in [3.05, 3.63) is 53.7 Å². The molecule has 2 heterocycles. The van der Waals surface area contributed by atoms with Crippen LogP contribution in [-0.2, 0) is 0 Å². The van der Waals surface area contributed by atoms with Gasteiger partial charge in [-0.15, -0.1) is 0 Å². The molecule has 24 heavy (non-hydrogen) atoms. The van der Waals surface area contributed by atoms with Gasteiger partial charge in [-0.1, -0.05) is 23.7 Å². The van der Waals surface area contributed by atoms with E-state index >= 15 is 0 Å². The molecule has 1 aromatic heterocycles. The molecule has 2 aromatic carbocycles. The van der Waals surface area contributed by atoms with Gasteiger partial charge in [-0.05, 0) is 43.4 Å². The summed E-state index contributed by atoms with van der Waals surface area (Å²) in [5.74, 6) is 0.670. The standard InChI is InChI=1S/C19H19ClN4/c1-23-10-12-24(13-11-23)15-8-6-14(7-9-15)19-21-17-5-3-2-4-16(17)18(20)22-19/h2-9H,10-13H2,1H3. The third-order valence-corrected chi connectivity index (χ3v) is 4.84. The summed E-state index contributed by atoms with van der Waals surface area (Å²) in [6.07, 6.45) is 0. The molecule has 0 atom stereocenters. The van der Waals surface area contributed by atoms with E-state index in [0.29, 0.717) is 11.0 Å². The third kappa shape index (κ3) is 2.95. The van der Waals surface area contributed by atoms with Gasteiger partial charge < -0.3 is 9.80 Å². The van der Waals surface area contributed by atoms with Crippen LogP contribution in [-0.4, -0.2) is 48.1 Å². The number of anilines is 1. The van der Waals surface area contributed by atoms with Crippen molar-refractivity contribution >= 4 is 28.2 Å². The third-order valence-electron chi connectivity index (χ3n) is 4.55. The summed E-state index contributed by atoms with van der Waals surface area (Å²) in [5.41, 5.74) is 3.11. The summed E-state index contributed by atoms with van der Waals surface area (Å²) in [5, 5.41) is 1.38. The van der Waals surface area contributed by atoms with Gasteiger partial charge in [-0.2, -0.15) is 0 Å². The number of hydrogen-bond acceptors (Lipinski definition) is 4. The molecule has 0 N–H and O–H groups in total. The molecule has 0 amide bonds. The van der Waals surface area contributed by atoms with Gasteiger partial charge in [-0.3, -0.25) is 0 Å². The number of fused-ring (bicyclic) bond motifs is 1. The summed E-state index contributed by atoms with van der Waals surface area (Å²) < 4.78 is 0. The van der Waals surface area contributed by atoms with E-state index in [4.69, 9.17) is 11.6 Å². The molecule has 1 aliphatic rings. The first-order valence-corrected chi connectivity index (χ1v) is 8.55. The van der Waals surface area contributed by atoms with Crippen molar-refractivity contribution < 1.29 is 0 Å². The SMILES string of the molecule is CN1CCN(c2ccc(-c3nc(Cl)c4ccccc4n3)cc2)CC1. The first-order chi connectivity index (χ1) is 11.7. The molecule has 1 fully saturated rings. The number of aromatic nitrogens is 2. The van der Waals surface area contributed by atoms with Crippen molar-refractivity contribution in [2.45, 2.75) is 0 Å². The second-order valence-corrected chi connectivity index (χ2v) is 6.55. The van der Waals surface area contributed by atoms with Gasteiger partial charge in [0.05, 0.1) is 5.52 Å². The Morgan fingerprint density at radius 3 is 2.33 bits per heavy atom. The van der Waals surface area contributed by atoms with Crippen molar-refractivity contribution in [3.8, 4) is 11.4 Å². The molecular formula is C19H19ClN4. The van der Waals surface area contributed by atoms with Crippen LogP contribution >= 0.6 is 11.6 Å². The lowest BCUT2D eigenvalue weighted by molar-refractivity contribution is 0.313. The zero-order valence-electron chi connectivity index (χ0n) is 13.6. The topological polar surface area (TPSA) is 32.3 Å². The van der Waals surface area contributed by atoms with Crippen LogP contribution in [0.3, 0.4) is 0 Å². The van der Waals surface area contributed by atoms with Crippen molar-refractivity contribution in [2.24, 2.45) is 0 Å². The van der Waals surface area contributed by atoms with Crippen molar-refractivity contribution in [3.63, 3.8) is 0 Å². The Morgan fingerprint density at radius 2 is 1.58 bits per heavy atom. The highest BCUT2D eigenvalue weighted by Gasteiger charge is 2.14. The predicted molar refractivity (Wildman–Crippen MR) is 99.7 cm³/mol. The second kappa shape index (κ2) is 6.38. The number of para-hydroxylation sites is 1. The summed E-state index contributed by atoms with van der Waals surface area (Å²) in [6.45, 7) is 4.33. The number of piperazine rings is 1. The fraction of sp³-hybridized carbons (Fsp3) is 0.263. The van der Waals surface area contributed by atoms with Crippen LogP contribution in [0.5, 0.6) is 0 Å². The molecule has 4 rings (SSSR count). The van der Waals surface area contributed by atoms with E-state index in [2.05, 4.69) is 51.1 Å². The quantitative estimate of drug-likeness (QED) is 0.667. The lowest BCUT2D eigenvalue weighted by Gasteiger charge is -2.34. The predicted octanol–water partition coefficient (Wildman–Crippen LogP) is 3.70. The van der Waals surface area contributed by atoms with Gasteiger partial charge in [0.1, 0.15) is 5.15 Å². The van der Waals surface area contributed by atoms with Crippen LogP contribution in [0.25, 0.3) is 22.3 Å². The highest BCUT2D eigenvalue weighted by atomic mass is 35.5. The van der Waals surface area contributed by atoms with Crippen molar-refractivity contribution in [1.29, 1.82) is 0 Å². The lowest BCUT2D eigenvalue weighted by atomic mass is 10.1. The number of halogens is 1. The Labute approximate surface area is 146 Å². The Balaban J connectivity index is 1.63. The van der Waals surface area contributed by atoms with Crippen LogP contribution in [0.2, 0.25) is 5.15 Å². The highest BCUT2D eigenvalue weighted by molar-refractivity contribution is 6.34. The molecule has 5 heteroatoms. The summed E-state index contributed by atoms with van der Waals surface area (Å²) >= 11 is 6.31. The molecule has 0 bridgehead atoms. The van der Waals surface area contributed by atoms with Gasteiger partial charge in [-0.25, -0.2) is 9.97 Å². The van der Waals surface area contributed by atoms with E-state index in [-0.39, 0.29) is 0 Å². The number of nitrogens with zero attached hydrogens (tertiary/aromatic N) is 4. The smallest absolute Gasteiger partial charge is 0.161 e. The maximum atomic E-state index is 6.31. The molecule has 0 radical (unpaired) electrons. The minimum atomic E-state index is 0.499. The minimum absolute atomic E-state index is 0.499. The molecule has 1 aliphatic heterocycles. The minimum Gasteiger partial charge on any atom is -0.369 e.